The predicted molar refractivity (Wildman–Crippen MR) is 166 cm³/mol. The van der Waals surface area contributed by atoms with Crippen molar-refractivity contribution in [2.45, 2.75) is 37.7 Å². The molecule has 0 aliphatic heterocycles. The number of aliphatic hydroxyl groups excluding tert-OH is 1. The van der Waals surface area contributed by atoms with Gasteiger partial charge in [0.25, 0.3) is 0 Å². The third-order valence-electron chi connectivity index (χ3n) is 7.22. The summed E-state index contributed by atoms with van der Waals surface area (Å²) in [6.45, 7) is 1.58. The normalized spacial score (nSPS) is 19.5. The summed E-state index contributed by atoms with van der Waals surface area (Å²) in [4.78, 5) is 15.7. The monoisotopic (exact) mass is 607 g/mol. The van der Waals surface area contributed by atoms with E-state index in [4.69, 9.17) is 39.1 Å². The molecule has 1 aliphatic rings. The molecule has 218 valence electrons. The Hall–Kier alpha value is -4.11. The van der Waals surface area contributed by atoms with E-state index in [1.54, 1.807) is 60.7 Å². The number of aliphatic imine (C=N–C) groups is 1. The summed E-state index contributed by atoms with van der Waals surface area (Å²) in [6, 6.07) is 20.3. The van der Waals surface area contributed by atoms with Crippen LogP contribution in [0.2, 0.25) is 10.0 Å². The third-order valence-corrected chi connectivity index (χ3v) is 7.85. The van der Waals surface area contributed by atoms with Crippen LogP contribution in [0.25, 0.3) is 5.76 Å². The number of rotatable bonds is 11. The van der Waals surface area contributed by atoms with Gasteiger partial charge >= 0.3 is 5.97 Å². The first-order valence-electron chi connectivity index (χ1n) is 13.3. The van der Waals surface area contributed by atoms with Gasteiger partial charge in [0.2, 0.25) is 5.88 Å². The molecule has 3 aromatic rings. The SMILES string of the molecule is CC/C(=N\C=C(/N)OC/C(C(=N)c1c(Cl)cccc1Cl)=C(/O)c1ccccc1)C1(O)CC(c2cccc(C(=O)O)c2)C1. The molecule has 0 radical (unpaired) electrons. The average molecular weight is 609 g/mol. The lowest BCUT2D eigenvalue weighted by Gasteiger charge is -2.44. The lowest BCUT2D eigenvalue weighted by atomic mass is 9.65. The van der Waals surface area contributed by atoms with Gasteiger partial charge in [0.05, 0.1) is 33.1 Å². The fraction of sp³-hybridized carbons (Fsp3) is 0.219. The van der Waals surface area contributed by atoms with Crippen molar-refractivity contribution in [2.24, 2.45) is 10.7 Å². The number of nitrogens with zero attached hydrogens (tertiary/aromatic N) is 1. The van der Waals surface area contributed by atoms with Crippen molar-refractivity contribution in [1.82, 2.24) is 0 Å². The maximum atomic E-state index is 11.3. The second-order valence-corrected chi connectivity index (χ2v) is 10.8. The van der Waals surface area contributed by atoms with Crippen molar-refractivity contribution in [2.75, 3.05) is 6.61 Å². The van der Waals surface area contributed by atoms with Crippen LogP contribution in [0.5, 0.6) is 0 Å². The largest absolute Gasteiger partial charge is 0.507 e. The number of nitrogens with two attached hydrogens (primary N) is 1. The fourth-order valence-electron chi connectivity index (χ4n) is 4.94. The van der Waals surface area contributed by atoms with Gasteiger partial charge in [0.15, 0.2) is 0 Å². The Kier molecular flexibility index (Phi) is 9.73. The van der Waals surface area contributed by atoms with Gasteiger partial charge in [-0.2, -0.15) is 0 Å². The zero-order valence-corrected chi connectivity index (χ0v) is 24.4. The summed E-state index contributed by atoms with van der Waals surface area (Å²) in [7, 11) is 0. The molecule has 8 nitrogen and oxygen atoms in total. The number of aliphatic hydroxyl groups is 2. The lowest BCUT2D eigenvalue weighted by Crippen LogP contribution is -2.49. The van der Waals surface area contributed by atoms with E-state index >= 15 is 0 Å². The average Bonchev–Trinajstić information content (AvgIpc) is 2.96. The lowest BCUT2D eigenvalue weighted by molar-refractivity contribution is 0.0141. The van der Waals surface area contributed by atoms with Crippen molar-refractivity contribution in [1.29, 1.82) is 5.41 Å². The highest BCUT2D eigenvalue weighted by Crippen LogP contribution is 2.46. The number of carbonyl (C=O) groups is 1. The van der Waals surface area contributed by atoms with E-state index in [0.717, 1.165) is 5.56 Å². The van der Waals surface area contributed by atoms with E-state index in [1.807, 2.05) is 13.0 Å². The number of nitrogens with one attached hydrogen (secondary N) is 1. The van der Waals surface area contributed by atoms with Crippen LogP contribution in [0.4, 0.5) is 0 Å². The van der Waals surface area contributed by atoms with E-state index in [1.165, 1.54) is 12.3 Å². The maximum Gasteiger partial charge on any atom is 0.335 e. The van der Waals surface area contributed by atoms with Crippen molar-refractivity contribution in [3.63, 3.8) is 0 Å². The van der Waals surface area contributed by atoms with E-state index in [2.05, 4.69) is 4.99 Å². The Balaban J connectivity index is 1.52. The van der Waals surface area contributed by atoms with Crippen molar-refractivity contribution < 1.29 is 24.9 Å². The van der Waals surface area contributed by atoms with Gasteiger partial charge in [-0.15, -0.1) is 0 Å². The van der Waals surface area contributed by atoms with Gasteiger partial charge in [0, 0.05) is 16.8 Å². The van der Waals surface area contributed by atoms with E-state index in [9.17, 15) is 20.1 Å². The molecule has 0 heterocycles. The standard InChI is InChI=1S/C32H31Cl2N3O5/c1-2-26(32(41)15-22(16-32)20-10-6-11-21(14-20)31(39)40)37-17-27(35)42-18-23(30(38)19-8-4-3-5-9-19)29(36)28-24(33)12-7-13-25(28)34/h3-14,17,22,36,38,41H,2,15-16,18,35H2,1H3,(H,39,40)/b27-17+,30-23-,36-29?,37-26+. The third kappa shape index (κ3) is 6.85. The van der Waals surface area contributed by atoms with Crippen LogP contribution in [0, 0.1) is 5.41 Å². The topological polar surface area (TPSA) is 149 Å². The molecule has 3 aromatic carbocycles. The second kappa shape index (κ2) is 13.2. The molecule has 0 spiro atoms. The minimum Gasteiger partial charge on any atom is -0.507 e. The Morgan fingerprint density at radius 1 is 1.05 bits per heavy atom. The van der Waals surface area contributed by atoms with Crippen molar-refractivity contribution in [3.8, 4) is 0 Å². The number of carboxylic acid groups (broad SMARTS) is 1. The van der Waals surface area contributed by atoms with Crippen molar-refractivity contribution in [3.05, 3.63) is 123 Å². The van der Waals surface area contributed by atoms with Gasteiger partial charge < -0.3 is 25.8 Å². The minimum absolute atomic E-state index is 0.0000641. The number of hydrogen-bond donors (Lipinski definition) is 5. The summed E-state index contributed by atoms with van der Waals surface area (Å²) in [5, 5.41) is 40.9. The molecule has 4 rings (SSSR count). The van der Waals surface area contributed by atoms with Crippen molar-refractivity contribution >= 4 is 46.4 Å². The highest BCUT2D eigenvalue weighted by atomic mass is 35.5. The van der Waals surface area contributed by atoms with Crippen LogP contribution in [-0.4, -0.2) is 44.9 Å². The van der Waals surface area contributed by atoms with Gasteiger partial charge in [0.1, 0.15) is 18.0 Å². The van der Waals surface area contributed by atoms with Crippen LogP contribution in [-0.2, 0) is 4.74 Å². The maximum absolute atomic E-state index is 11.3. The van der Waals surface area contributed by atoms with E-state index in [0.29, 0.717) is 30.5 Å². The number of ether oxygens (including phenoxy) is 1. The number of hydrogen-bond acceptors (Lipinski definition) is 7. The Bertz CT molecular complexity index is 1560. The van der Waals surface area contributed by atoms with Gasteiger partial charge in [-0.05, 0) is 55.0 Å². The predicted octanol–water partition coefficient (Wildman–Crippen LogP) is 6.96. The molecule has 0 saturated heterocycles. The molecule has 1 fully saturated rings. The minimum atomic E-state index is -1.16. The molecule has 0 bridgehead atoms. The Morgan fingerprint density at radius 3 is 2.29 bits per heavy atom. The molecular formula is C32H31Cl2N3O5. The first-order valence-corrected chi connectivity index (χ1v) is 14.0. The first kappa shape index (κ1) is 30.8. The van der Waals surface area contributed by atoms with Crippen LogP contribution in [0.1, 0.15) is 59.2 Å². The summed E-state index contributed by atoms with van der Waals surface area (Å²) in [5.74, 6) is -1.28. The van der Waals surface area contributed by atoms with Crippen LogP contribution in [0.3, 0.4) is 0 Å². The van der Waals surface area contributed by atoms with E-state index in [-0.39, 0.29) is 56.6 Å². The zero-order chi connectivity index (χ0) is 30.4. The van der Waals surface area contributed by atoms with Crippen LogP contribution >= 0.6 is 23.2 Å². The Morgan fingerprint density at radius 2 is 1.67 bits per heavy atom. The van der Waals surface area contributed by atoms with Crippen LogP contribution in [0.15, 0.2) is 95.4 Å². The summed E-state index contributed by atoms with van der Waals surface area (Å²) in [6.07, 6.45) is 2.53. The second-order valence-electron chi connectivity index (χ2n) is 9.98. The smallest absolute Gasteiger partial charge is 0.335 e. The Labute approximate surface area is 253 Å². The van der Waals surface area contributed by atoms with Gasteiger partial charge in [-0.1, -0.05) is 78.7 Å². The van der Waals surface area contributed by atoms with Gasteiger partial charge in [-0.3, -0.25) is 10.4 Å². The number of aromatic carboxylic acids is 1. The zero-order valence-electron chi connectivity index (χ0n) is 22.8. The van der Waals surface area contributed by atoms with Gasteiger partial charge in [-0.25, -0.2) is 4.79 Å². The highest BCUT2D eigenvalue weighted by molar-refractivity contribution is 6.41. The molecule has 0 amide bonds. The molecule has 10 heteroatoms. The molecule has 0 aromatic heterocycles. The molecule has 1 aliphatic carbocycles. The summed E-state index contributed by atoms with van der Waals surface area (Å²) < 4.78 is 5.70. The highest BCUT2D eigenvalue weighted by Gasteiger charge is 2.46. The van der Waals surface area contributed by atoms with Crippen LogP contribution < -0.4 is 5.73 Å². The molecule has 0 unspecified atom stereocenters. The quantitative estimate of drug-likeness (QED) is 0.117. The van der Waals surface area contributed by atoms with E-state index < -0.39 is 11.6 Å². The molecule has 0 atom stereocenters. The summed E-state index contributed by atoms with van der Waals surface area (Å²) >= 11 is 12.7. The number of carboxylic acids is 1. The fourth-order valence-corrected chi connectivity index (χ4v) is 5.53. The number of halogens is 2. The molecule has 42 heavy (non-hydrogen) atoms. The summed E-state index contributed by atoms with van der Waals surface area (Å²) in [5.41, 5.74) is 7.20. The number of benzene rings is 3. The molecular weight excluding hydrogens is 577 g/mol. The molecule has 6 N–H and O–H groups in total. The first-order chi connectivity index (χ1) is 20.0. The molecule has 1 saturated carbocycles.